The van der Waals surface area contributed by atoms with Gasteiger partial charge in [-0.3, -0.25) is 9.59 Å². The van der Waals surface area contributed by atoms with E-state index < -0.39 is 6.04 Å². The van der Waals surface area contributed by atoms with E-state index in [1.54, 1.807) is 4.90 Å². The summed E-state index contributed by atoms with van der Waals surface area (Å²) in [6.45, 7) is 0.536. The summed E-state index contributed by atoms with van der Waals surface area (Å²) in [6, 6.07) is 8.87. The summed E-state index contributed by atoms with van der Waals surface area (Å²) in [5.74, 6) is -0.0590. The molecule has 3 rings (SSSR count). The first-order valence-electron chi connectivity index (χ1n) is 7.85. The van der Waals surface area contributed by atoms with Gasteiger partial charge in [-0.2, -0.15) is 5.10 Å². The van der Waals surface area contributed by atoms with Crippen molar-refractivity contribution in [2.75, 3.05) is 26.0 Å². The molecule has 2 aromatic rings. The van der Waals surface area contributed by atoms with Crippen LogP contribution in [0, 0.1) is 0 Å². The van der Waals surface area contributed by atoms with E-state index >= 15 is 0 Å². The highest BCUT2D eigenvalue weighted by Gasteiger charge is 2.35. The Morgan fingerprint density at radius 3 is 2.79 bits per heavy atom. The molecule has 7 heteroatoms. The standard InChI is InChI=1S/C17H20N4O3/c1-24-11-15(22)20-9-5-8-14(20)16(23)13-10-19-21(17(13)18)12-6-3-2-4-7-12/h2-4,6-7,10,14H,5,8-9,11,18H2,1H3. The van der Waals surface area contributed by atoms with Crippen molar-refractivity contribution in [3.63, 3.8) is 0 Å². The molecule has 1 amide bonds. The first kappa shape index (κ1) is 16.2. The predicted molar refractivity (Wildman–Crippen MR) is 88.9 cm³/mol. The molecule has 2 heterocycles. The highest BCUT2D eigenvalue weighted by Crippen LogP contribution is 2.25. The van der Waals surface area contributed by atoms with Crippen LogP contribution in [0.25, 0.3) is 5.69 Å². The lowest BCUT2D eigenvalue weighted by molar-refractivity contribution is -0.135. The largest absolute Gasteiger partial charge is 0.383 e. The second kappa shape index (κ2) is 6.84. The summed E-state index contributed by atoms with van der Waals surface area (Å²) in [6.07, 6.45) is 2.89. The number of rotatable bonds is 5. The Bertz CT molecular complexity index is 742. The fourth-order valence-electron chi connectivity index (χ4n) is 3.05. The first-order chi connectivity index (χ1) is 11.6. The Balaban J connectivity index is 1.85. The molecule has 0 bridgehead atoms. The number of methoxy groups -OCH3 is 1. The number of anilines is 1. The van der Waals surface area contributed by atoms with Crippen molar-refractivity contribution >= 4 is 17.5 Å². The van der Waals surface area contributed by atoms with Crippen LogP contribution in [0.5, 0.6) is 0 Å². The van der Waals surface area contributed by atoms with Gasteiger partial charge in [0.05, 0.1) is 23.5 Å². The number of Topliss-reactive ketones (excluding diaryl/α,β-unsaturated/α-hetero) is 1. The van der Waals surface area contributed by atoms with Crippen LogP contribution in [-0.2, 0) is 9.53 Å². The van der Waals surface area contributed by atoms with E-state index in [0.29, 0.717) is 18.5 Å². The molecule has 2 N–H and O–H groups in total. The minimum absolute atomic E-state index is 0.0253. The van der Waals surface area contributed by atoms with Gasteiger partial charge in [-0.05, 0) is 25.0 Å². The van der Waals surface area contributed by atoms with Crippen LogP contribution in [0.2, 0.25) is 0 Å². The molecule has 0 aliphatic carbocycles. The molecule has 1 aliphatic rings. The molecule has 24 heavy (non-hydrogen) atoms. The van der Waals surface area contributed by atoms with Gasteiger partial charge >= 0.3 is 0 Å². The Labute approximate surface area is 140 Å². The molecule has 1 unspecified atom stereocenters. The highest BCUT2D eigenvalue weighted by molar-refractivity contribution is 6.05. The molecule has 1 atom stereocenters. The monoisotopic (exact) mass is 328 g/mol. The van der Waals surface area contributed by atoms with E-state index in [0.717, 1.165) is 12.1 Å². The van der Waals surface area contributed by atoms with Crippen molar-refractivity contribution < 1.29 is 14.3 Å². The summed E-state index contributed by atoms with van der Waals surface area (Å²) in [4.78, 5) is 26.5. The maximum atomic E-state index is 12.9. The van der Waals surface area contributed by atoms with Crippen molar-refractivity contribution in [3.8, 4) is 5.69 Å². The summed E-state index contributed by atoms with van der Waals surface area (Å²) >= 11 is 0. The zero-order valence-electron chi connectivity index (χ0n) is 13.5. The van der Waals surface area contributed by atoms with Crippen LogP contribution in [0.4, 0.5) is 5.82 Å². The number of hydrogen-bond acceptors (Lipinski definition) is 5. The number of para-hydroxylation sites is 1. The van der Waals surface area contributed by atoms with Crippen LogP contribution >= 0.6 is 0 Å². The molecule has 1 fully saturated rings. The van der Waals surface area contributed by atoms with E-state index in [2.05, 4.69) is 5.10 Å². The van der Waals surface area contributed by atoms with Gasteiger partial charge in [-0.25, -0.2) is 4.68 Å². The third-order valence-electron chi connectivity index (χ3n) is 4.22. The third-order valence-corrected chi connectivity index (χ3v) is 4.22. The van der Waals surface area contributed by atoms with Crippen molar-refractivity contribution in [2.45, 2.75) is 18.9 Å². The van der Waals surface area contributed by atoms with Crippen LogP contribution in [0.3, 0.4) is 0 Å². The highest BCUT2D eigenvalue weighted by atomic mass is 16.5. The number of nitrogens with zero attached hydrogens (tertiary/aromatic N) is 3. The molecular weight excluding hydrogens is 308 g/mol. The van der Waals surface area contributed by atoms with Gasteiger partial charge in [0.2, 0.25) is 5.91 Å². The Kier molecular flexibility index (Phi) is 4.61. The smallest absolute Gasteiger partial charge is 0.249 e. The number of ether oxygens (including phenoxy) is 1. The number of ketones is 1. The fraction of sp³-hybridized carbons (Fsp3) is 0.353. The van der Waals surface area contributed by atoms with E-state index in [1.807, 2.05) is 30.3 Å². The lowest BCUT2D eigenvalue weighted by Crippen LogP contribution is -2.42. The van der Waals surface area contributed by atoms with Crippen molar-refractivity contribution in [1.82, 2.24) is 14.7 Å². The van der Waals surface area contributed by atoms with Gasteiger partial charge in [-0.15, -0.1) is 0 Å². The minimum Gasteiger partial charge on any atom is -0.383 e. The average molecular weight is 328 g/mol. The zero-order chi connectivity index (χ0) is 17.1. The molecule has 1 saturated heterocycles. The van der Waals surface area contributed by atoms with Crippen LogP contribution in [-0.4, -0.2) is 52.7 Å². The van der Waals surface area contributed by atoms with Gasteiger partial charge in [0, 0.05) is 13.7 Å². The quantitative estimate of drug-likeness (QED) is 0.835. The number of carbonyl (C=O) groups excluding carboxylic acids is 2. The van der Waals surface area contributed by atoms with Crippen LogP contribution in [0.15, 0.2) is 36.5 Å². The Hall–Kier alpha value is -2.67. The molecule has 0 radical (unpaired) electrons. The van der Waals surface area contributed by atoms with Gasteiger partial charge in [-0.1, -0.05) is 18.2 Å². The second-order valence-corrected chi connectivity index (χ2v) is 5.73. The predicted octanol–water partition coefficient (Wildman–Crippen LogP) is 1.27. The van der Waals surface area contributed by atoms with Gasteiger partial charge in [0.15, 0.2) is 5.78 Å². The zero-order valence-corrected chi connectivity index (χ0v) is 13.5. The van der Waals surface area contributed by atoms with Gasteiger partial charge in [0.1, 0.15) is 12.4 Å². The molecule has 1 aromatic carbocycles. The second-order valence-electron chi connectivity index (χ2n) is 5.73. The molecule has 0 spiro atoms. The number of benzene rings is 1. The van der Waals surface area contributed by atoms with E-state index in [1.165, 1.54) is 18.0 Å². The maximum Gasteiger partial charge on any atom is 0.249 e. The number of hydrogen-bond donors (Lipinski definition) is 1. The number of carbonyl (C=O) groups is 2. The molecule has 1 aromatic heterocycles. The number of nitrogen functional groups attached to an aromatic ring is 1. The van der Waals surface area contributed by atoms with E-state index in [9.17, 15) is 9.59 Å². The molecule has 126 valence electrons. The number of likely N-dealkylation sites (tertiary alicyclic amines) is 1. The number of nitrogens with two attached hydrogens (primary N) is 1. The summed E-state index contributed by atoms with van der Waals surface area (Å²) < 4.78 is 6.42. The first-order valence-corrected chi connectivity index (χ1v) is 7.85. The normalized spacial score (nSPS) is 17.2. The van der Waals surface area contributed by atoms with E-state index in [-0.39, 0.29) is 24.1 Å². The Morgan fingerprint density at radius 1 is 1.33 bits per heavy atom. The maximum absolute atomic E-state index is 12.9. The third kappa shape index (κ3) is 2.90. The molecule has 0 saturated carbocycles. The number of amides is 1. The summed E-state index contributed by atoms with van der Waals surface area (Å²) in [5.41, 5.74) is 7.27. The van der Waals surface area contributed by atoms with E-state index in [4.69, 9.17) is 10.5 Å². The van der Waals surface area contributed by atoms with Crippen LogP contribution in [0.1, 0.15) is 23.2 Å². The molecule has 7 nitrogen and oxygen atoms in total. The molecular formula is C17H20N4O3. The van der Waals surface area contributed by atoms with Gasteiger partial charge < -0.3 is 15.4 Å². The number of aromatic nitrogens is 2. The lowest BCUT2D eigenvalue weighted by Gasteiger charge is -2.23. The van der Waals surface area contributed by atoms with Crippen molar-refractivity contribution in [2.24, 2.45) is 0 Å². The van der Waals surface area contributed by atoms with Crippen LogP contribution < -0.4 is 5.73 Å². The van der Waals surface area contributed by atoms with Crippen molar-refractivity contribution in [1.29, 1.82) is 0 Å². The fourth-order valence-corrected chi connectivity index (χ4v) is 3.05. The minimum atomic E-state index is -0.497. The average Bonchev–Trinajstić information content (AvgIpc) is 3.22. The lowest BCUT2D eigenvalue weighted by atomic mass is 10.0. The summed E-state index contributed by atoms with van der Waals surface area (Å²) in [5, 5.41) is 4.23. The molecule has 1 aliphatic heterocycles. The van der Waals surface area contributed by atoms with Gasteiger partial charge in [0.25, 0.3) is 0 Å². The SMILES string of the molecule is COCC(=O)N1CCCC1C(=O)c1cnn(-c2ccccc2)c1N. The topological polar surface area (TPSA) is 90.5 Å². The Morgan fingerprint density at radius 2 is 2.08 bits per heavy atom. The van der Waals surface area contributed by atoms with Crippen molar-refractivity contribution in [3.05, 3.63) is 42.1 Å². The summed E-state index contributed by atoms with van der Waals surface area (Å²) in [7, 11) is 1.46.